The van der Waals surface area contributed by atoms with Crippen molar-refractivity contribution in [1.82, 2.24) is 0 Å². The van der Waals surface area contributed by atoms with Crippen molar-refractivity contribution >= 4 is 10.2 Å². The van der Waals surface area contributed by atoms with Gasteiger partial charge in [-0.1, -0.05) is 0 Å². The average molecular weight is 140 g/mol. The van der Waals surface area contributed by atoms with Gasteiger partial charge in [0, 0.05) is 0 Å². The van der Waals surface area contributed by atoms with E-state index in [9.17, 15) is 12.3 Å². The van der Waals surface area contributed by atoms with Crippen LogP contribution in [0, 0.1) is 0 Å². The molecule has 0 spiro atoms. The summed E-state index contributed by atoms with van der Waals surface area (Å²) >= 11 is 0. The number of halogens is 1. The van der Waals surface area contributed by atoms with Crippen molar-refractivity contribution in [3.8, 4) is 0 Å². The van der Waals surface area contributed by atoms with E-state index in [1.54, 1.807) is 0 Å². The van der Waals surface area contributed by atoms with E-state index >= 15 is 0 Å². The first-order valence-corrected chi connectivity index (χ1v) is 3.15. The number of ether oxygens (including phenoxy) is 1. The van der Waals surface area contributed by atoms with E-state index in [1.807, 2.05) is 0 Å². The van der Waals surface area contributed by atoms with Gasteiger partial charge in [-0.25, -0.2) is 0 Å². The van der Waals surface area contributed by atoms with Gasteiger partial charge in [0.2, 0.25) is 0 Å². The highest BCUT2D eigenvalue weighted by Gasteiger charge is 1.96. The molecule has 48 valence electrons. The molecule has 0 rings (SSSR count). The molecule has 0 aromatic rings. The number of hydrogen-bond donors (Lipinski definition) is 0. The molecule has 0 aromatic carbocycles. The molecule has 3 nitrogen and oxygen atoms in total. The van der Waals surface area contributed by atoms with Gasteiger partial charge in [0.05, 0.1) is 18.8 Å². The van der Waals surface area contributed by atoms with Crippen LogP contribution in [0.4, 0.5) is 3.89 Å². The van der Waals surface area contributed by atoms with Gasteiger partial charge in [0.1, 0.15) is 0 Å². The van der Waals surface area contributed by atoms with Crippen molar-refractivity contribution in [2.24, 2.45) is 0 Å². The molecule has 0 amide bonds. The zero-order valence-corrected chi connectivity index (χ0v) is 4.98. The van der Waals surface area contributed by atoms with Crippen LogP contribution in [0.1, 0.15) is 0 Å². The van der Waals surface area contributed by atoms with Crippen LogP contribution >= 0.6 is 0 Å². The fraction of sp³-hybridized carbons (Fsp3) is 0.333. The molecule has 0 fully saturated rings. The molecule has 0 atom stereocenters. The van der Waals surface area contributed by atoms with Crippen LogP contribution in [0.5, 0.6) is 0 Å². The lowest BCUT2D eigenvalue weighted by molar-refractivity contribution is 0.338. The second-order valence-corrected chi connectivity index (χ2v) is 2.21. The Bertz CT molecular complexity index is 169. The summed E-state index contributed by atoms with van der Waals surface area (Å²) < 4.78 is 34.6. The first-order valence-electron chi connectivity index (χ1n) is 1.70. The molecule has 0 radical (unpaired) electrons. The molecule has 0 saturated heterocycles. The largest absolute Gasteiger partial charge is 0.504 e. The van der Waals surface area contributed by atoms with Crippen LogP contribution < -0.4 is 0 Å². The third-order valence-corrected chi connectivity index (χ3v) is 0.790. The minimum absolute atomic E-state index is 0.326. The summed E-state index contributed by atoms with van der Waals surface area (Å²) in [6.07, 6.45) is 0.745. The van der Waals surface area contributed by atoms with E-state index in [0.717, 1.165) is 6.26 Å². The predicted molar refractivity (Wildman–Crippen MR) is 26.2 cm³/mol. The summed E-state index contributed by atoms with van der Waals surface area (Å²) in [6.45, 7) is 0. The number of hydrogen-bond acceptors (Lipinski definition) is 3. The molecule has 0 aliphatic carbocycles. The van der Waals surface area contributed by atoms with Gasteiger partial charge < -0.3 is 4.74 Å². The smallest absolute Gasteiger partial charge is 0.328 e. The van der Waals surface area contributed by atoms with Gasteiger partial charge in [0.15, 0.2) is 0 Å². The third-order valence-electron chi connectivity index (χ3n) is 0.354. The fourth-order valence-corrected chi connectivity index (χ4v) is 0.366. The van der Waals surface area contributed by atoms with Crippen LogP contribution in [0.25, 0.3) is 0 Å². The lowest BCUT2D eigenvalue weighted by Gasteiger charge is -1.80. The summed E-state index contributed by atoms with van der Waals surface area (Å²) in [5.74, 6) is 0. The minimum atomic E-state index is -4.49. The van der Waals surface area contributed by atoms with Crippen LogP contribution in [-0.4, -0.2) is 15.5 Å². The third kappa shape index (κ3) is 5.42. The highest BCUT2D eigenvalue weighted by Crippen LogP contribution is 1.90. The van der Waals surface area contributed by atoms with Gasteiger partial charge in [-0.2, -0.15) is 8.42 Å². The van der Waals surface area contributed by atoms with Crippen molar-refractivity contribution in [2.75, 3.05) is 7.11 Å². The summed E-state index contributed by atoms with van der Waals surface area (Å²) in [7, 11) is -3.27. The maximum atomic E-state index is 11.4. The van der Waals surface area contributed by atoms with Crippen LogP contribution in [0.3, 0.4) is 0 Å². The van der Waals surface area contributed by atoms with Crippen LogP contribution in [0.15, 0.2) is 11.7 Å². The minimum Gasteiger partial charge on any atom is -0.504 e. The van der Waals surface area contributed by atoms with Crippen molar-refractivity contribution in [1.29, 1.82) is 0 Å². The second-order valence-electron chi connectivity index (χ2n) is 0.983. The van der Waals surface area contributed by atoms with E-state index in [-0.39, 0.29) is 0 Å². The Balaban J connectivity index is 3.92. The van der Waals surface area contributed by atoms with Crippen molar-refractivity contribution in [3.63, 3.8) is 0 Å². The molecule has 5 heteroatoms. The van der Waals surface area contributed by atoms with Crippen LogP contribution in [-0.2, 0) is 15.0 Å². The van der Waals surface area contributed by atoms with E-state index in [4.69, 9.17) is 0 Å². The number of methoxy groups -OCH3 is 1. The average Bonchev–Trinajstić information content (AvgIpc) is 1.59. The van der Waals surface area contributed by atoms with Gasteiger partial charge >= 0.3 is 10.2 Å². The second kappa shape index (κ2) is 2.66. The SMILES string of the molecule is COC=CS(=O)(=O)F. The molecule has 0 aromatic heterocycles. The molecule has 0 bridgehead atoms. The molecule has 0 unspecified atom stereocenters. The van der Waals surface area contributed by atoms with Gasteiger partial charge in [-0.05, 0) is 0 Å². The van der Waals surface area contributed by atoms with E-state index in [0.29, 0.717) is 5.41 Å². The van der Waals surface area contributed by atoms with Crippen molar-refractivity contribution in [2.45, 2.75) is 0 Å². The highest BCUT2D eigenvalue weighted by molar-refractivity contribution is 7.89. The summed E-state index contributed by atoms with van der Waals surface area (Å²) in [4.78, 5) is 0. The standard InChI is InChI=1S/C3H5FO3S/c1-7-2-3-8(4,5)6/h2-3H,1H3. The first kappa shape index (κ1) is 7.42. The number of rotatable bonds is 2. The van der Waals surface area contributed by atoms with Crippen molar-refractivity contribution < 1.29 is 17.0 Å². The summed E-state index contributed by atoms with van der Waals surface area (Å²) in [6, 6.07) is 0. The van der Waals surface area contributed by atoms with E-state index in [2.05, 4.69) is 4.74 Å². The molecule has 8 heavy (non-hydrogen) atoms. The van der Waals surface area contributed by atoms with E-state index < -0.39 is 10.2 Å². The quantitative estimate of drug-likeness (QED) is 0.412. The Morgan fingerprint density at radius 3 is 2.25 bits per heavy atom. The Morgan fingerprint density at radius 2 is 2.12 bits per heavy atom. The van der Waals surface area contributed by atoms with Gasteiger partial charge in [-0.3, -0.25) is 0 Å². The fourth-order valence-electron chi connectivity index (χ4n) is 0.122. The van der Waals surface area contributed by atoms with Crippen molar-refractivity contribution in [3.05, 3.63) is 11.7 Å². The monoisotopic (exact) mass is 140 g/mol. The zero-order chi connectivity index (χ0) is 6.62. The molecule has 0 aliphatic rings. The molecule has 0 aliphatic heterocycles. The Labute approximate surface area is 47.0 Å². The Kier molecular flexibility index (Phi) is 2.47. The Hall–Kier alpha value is -0.580. The maximum absolute atomic E-state index is 11.4. The van der Waals surface area contributed by atoms with Crippen LogP contribution in [0.2, 0.25) is 0 Å². The molecule has 0 N–H and O–H groups in total. The first-order chi connectivity index (χ1) is 3.56. The lowest BCUT2D eigenvalue weighted by Crippen LogP contribution is -1.80. The topological polar surface area (TPSA) is 43.4 Å². The zero-order valence-electron chi connectivity index (χ0n) is 4.17. The normalized spacial score (nSPS) is 12.2. The maximum Gasteiger partial charge on any atom is 0.328 e. The summed E-state index contributed by atoms with van der Waals surface area (Å²) in [5.41, 5.74) is 0. The highest BCUT2D eigenvalue weighted by atomic mass is 32.3. The Morgan fingerprint density at radius 1 is 1.62 bits per heavy atom. The molecular formula is C3H5FO3S. The van der Waals surface area contributed by atoms with Gasteiger partial charge in [0.25, 0.3) is 0 Å². The molecule has 0 heterocycles. The molecular weight excluding hydrogens is 135 g/mol. The predicted octanol–water partition coefficient (Wildman–Crippen LogP) is 0.403. The van der Waals surface area contributed by atoms with E-state index in [1.165, 1.54) is 7.11 Å². The van der Waals surface area contributed by atoms with Gasteiger partial charge in [-0.15, -0.1) is 3.89 Å². The summed E-state index contributed by atoms with van der Waals surface area (Å²) in [5, 5.41) is 0.326. The lowest BCUT2D eigenvalue weighted by atomic mass is 11.1. The molecule has 0 saturated carbocycles.